The van der Waals surface area contributed by atoms with Crippen molar-refractivity contribution in [3.8, 4) is 17.2 Å². The molecule has 72 heavy (non-hydrogen) atoms. The van der Waals surface area contributed by atoms with Crippen molar-refractivity contribution in [1.82, 2.24) is 34.3 Å². The highest BCUT2D eigenvalue weighted by Crippen LogP contribution is 2.47. The fraction of sp³-hybridized carbons (Fsp3) is 0.518. The number of carbonyl (C=O) groups is 2. The second kappa shape index (κ2) is 19.8. The number of likely N-dealkylation sites (tertiary alicyclic amines) is 2. The minimum atomic E-state index is -2.66. The number of nitrogens with zero attached hydrogens (tertiary/aromatic N) is 11. The molecule has 2 aromatic heterocycles. The average molecular weight is 999 g/mol. The maximum Gasteiger partial charge on any atom is 0.264 e. The van der Waals surface area contributed by atoms with Gasteiger partial charge in [0.2, 0.25) is 5.91 Å². The van der Waals surface area contributed by atoms with E-state index in [-0.39, 0.29) is 28.8 Å². The van der Waals surface area contributed by atoms with Crippen molar-refractivity contribution in [2.24, 2.45) is 18.4 Å². The Morgan fingerprint density at radius 1 is 0.903 bits per heavy atom. The van der Waals surface area contributed by atoms with Gasteiger partial charge in [0.15, 0.2) is 5.82 Å². The van der Waals surface area contributed by atoms with Crippen LogP contribution < -0.4 is 14.7 Å². The van der Waals surface area contributed by atoms with Crippen LogP contribution in [0.5, 0.6) is 0 Å². The first-order valence-corrected chi connectivity index (χ1v) is 26.6. The molecule has 6 aliphatic heterocycles. The summed E-state index contributed by atoms with van der Waals surface area (Å²) in [5.41, 5.74) is 8.98. The van der Waals surface area contributed by atoms with Crippen LogP contribution in [0.3, 0.4) is 0 Å². The quantitative estimate of drug-likeness (QED) is 0.143. The Labute approximate surface area is 426 Å². The van der Waals surface area contributed by atoms with E-state index in [0.29, 0.717) is 59.7 Å². The summed E-state index contributed by atoms with van der Waals surface area (Å²) >= 11 is 6.41. The maximum atomic E-state index is 14.8. The van der Waals surface area contributed by atoms with E-state index in [9.17, 15) is 23.6 Å². The van der Waals surface area contributed by atoms with Crippen LogP contribution in [-0.2, 0) is 31.2 Å². The second-order valence-corrected chi connectivity index (χ2v) is 22.1. The Hall–Kier alpha value is -5.98. The molecular formula is C56H66ClF2N11O2. The van der Waals surface area contributed by atoms with Crippen LogP contribution in [0.25, 0.3) is 11.1 Å². The Bertz CT molecular complexity index is 2870. The monoisotopic (exact) mass is 998 g/mol. The summed E-state index contributed by atoms with van der Waals surface area (Å²) in [6, 6.07) is 20.5. The first kappa shape index (κ1) is 48.3. The Balaban J connectivity index is 0.685. The van der Waals surface area contributed by atoms with Crippen LogP contribution in [0.2, 0.25) is 5.02 Å². The van der Waals surface area contributed by atoms with Crippen molar-refractivity contribution in [2.75, 3.05) is 80.1 Å². The molecule has 6 aliphatic rings. The molecule has 4 fully saturated rings. The number of halogens is 3. The number of amides is 2. The highest BCUT2D eigenvalue weighted by atomic mass is 35.5. The lowest BCUT2D eigenvalue weighted by Gasteiger charge is -2.40. The zero-order valence-electron chi connectivity index (χ0n) is 41.9. The molecule has 0 N–H and O–H groups in total. The zero-order valence-corrected chi connectivity index (χ0v) is 42.6. The molecular weight excluding hydrogens is 932 g/mol. The van der Waals surface area contributed by atoms with E-state index in [1.807, 2.05) is 46.2 Å². The van der Waals surface area contributed by atoms with Gasteiger partial charge in [-0.1, -0.05) is 11.6 Å². The molecule has 0 saturated carbocycles. The highest BCUT2D eigenvalue weighted by Gasteiger charge is 2.44. The van der Waals surface area contributed by atoms with Gasteiger partial charge in [-0.05, 0) is 142 Å². The summed E-state index contributed by atoms with van der Waals surface area (Å²) < 4.78 is 33.5. The summed E-state index contributed by atoms with van der Waals surface area (Å²) in [6.45, 7) is 13.1. The van der Waals surface area contributed by atoms with Crippen molar-refractivity contribution in [3.05, 3.63) is 106 Å². The van der Waals surface area contributed by atoms with Crippen LogP contribution in [0.4, 0.5) is 31.7 Å². The van der Waals surface area contributed by atoms with Gasteiger partial charge in [0.05, 0.1) is 29.4 Å². The van der Waals surface area contributed by atoms with Crippen molar-refractivity contribution in [2.45, 2.75) is 103 Å². The lowest BCUT2D eigenvalue weighted by Crippen LogP contribution is -2.43. The van der Waals surface area contributed by atoms with Crippen molar-refractivity contribution in [1.29, 1.82) is 5.26 Å². The van der Waals surface area contributed by atoms with Gasteiger partial charge in [-0.15, -0.1) is 0 Å². The van der Waals surface area contributed by atoms with Crippen molar-refractivity contribution < 1.29 is 18.4 Å². The highest BCUT2D eigenvalue weighted by molar-refractivity contribution is 6.32. The minimum absolute atomic E-state index is 0.00820. The van der Waals surface area contributed by atoms with Gasteiger partial charge < -0.3 is 29.4 Å². The Morgan fingerprint density at radius 2 is 1.65 bits per heavy atom. The summed E-state index contributed by atoms with van der Waals surface area (Å²) in [5, 5.41) is 19.5. The smallest absolute Gasteiger partial charge is 0.264 e. The van der Waals surface area contributed by atoms with E-state index in [0.717, 1.165) is 144 Å². The molecule has 0 bridgehead atoms. The van der Waals surface area contributed by atoms with Crippen LogP contribution in [-0.4, -0.2) is 118 Å². The van der Waals surface area contributed by atoms with Crippen LogP contribution >= 0.6 is 11.6 Å². The van der Waals surface area contributed by atoms with E-state index in [4.69, 9.17) is 16.7 Å². The number of piperidine rings is 3. The molecule has 1 unspecified atom stereocenters. The fourth-order valence-corrected chi connectivity index (χ4v) is 13.4. The van der Waals surface area contributed by atoms with E-state index in [1.54, 1.807) is 37.1 Å². The van der Waals surface area contributed by atoms with E-state index in [2.05, 4.69) is 54.5 Å². The maximum absolute atomic E-state index is 14.8. The zero-order chi connectivity index (χ0) is 49.8. The van der Waals surface area contributed by atoms with Crippen molar-refractivity contribution >= 4 is 46.3 Å². The topological polar surface area (TPSA) is 113 Å². The minimum Gasteiger partial charge on any atom is -0.371 e. The first-order chi connectivity index (χ1) is 34.8. The number of aryl methyl sites for hydroxylation is 2. The Morgan fingerprint density at radius 3 is 2.33 bits per heavy atom. The third-order valence-electron chi connectivity index (χ3n) is 17.2. The fourth-order valence-electron chi connectivity index (χ4n) is 13.1. The number of aromatic nitrogens is 4. The molecule has 11 rings (SSSR count). The number of nitriles is 1. The predicted molar refractivity (Wildman–Crippen MR) is 277 cm³/mol. The molecule has 13 nitrogen and oxygen atoms in total. The van der Waals surface area contributed by atoms with Crippen molar-refractivity contribution in [3.63, 3.8) is 0 Å². The number of benzene rings is 3. The molecule has 378 valence electrons. The lowest BCUT2D eigenvalue weighted by molar-refractivity contribution is -0.129. The van der Waals surface area contributed by atoms with Gasteiger partial charge in [0.25, 0.3) is 12.3 Å². The van der Waals surface area contributed by atoms with Crippen LogP contribution in [0.15, 0.2) is 67.0 Å². The molecule has 16 heteroatoms. The number of anilines is 4. The van der Waals surface area contributed by atoms with Gasteiger partial charge in [-0.3, -0.25) is 19.0 Å². The van der Waals surface area contributed by atoms with E-state index >= 15 is 0 Å². The third kappa shape index (κ3) is 9.34. The van der Waals surface area contributed by atoms with Gasteiger partial charge in [0, 0.05) is 143 Å². The van der Waals surface area contributed by atoms with Gasteiger partial charge >= 0.3 is 0 Å². The number of alkyl halides is 2. The average Bonchev–Trinajstić information content (AvgIpc) is 4.10. The SMILES string of the molecule is CC(=O)N1CCc2c(c(N3CCCc4cc(-c5cnn(C)c5)c(C(F)F)cc43)nn2C2CCN(CC3CCN(C(=O)c4ccc(N5CCC6(CC5)CC(C)N(c5ccc(C#N)c(Cl)c5)C6)cc4)CC3)CC2)C1. The number of rotatable bonds is 9. The van der Waals surface area contributed by atoms with Gasteiger partial charge in [-0.25, -0.2) is 8.78 Å². The van der Waals surface area contributed by atoms with Gasteiger partial charge in [-0.2, -0.15) is 15.5 Å². The molecule has 0 radical (unpaired) electrons. The number of carbonyl (C=O) groups excluding carboxylic acids is 2. The second-order valence-electron chi connectivity index (χ2n) is 21.7. The molecule has 2 amide bonds. The number of fused-ring (bicyclic) bond motifs is 2. The number of hydrogen-bond donors (Lipinski definition) is 0. The molecule has 1 spiro atoms. The number of hydrogen-bond acceptors (Lipinski definition) is 9. The largest absolute Gasteiger partial charge is 0.371 e. The molecule has 3 aromatic carbocycles. The lowest BCUT2D eigenvalue weighted by atomic mass is 9.76. The first-order valence-electron chi connectivity index (χ1n) is 26.2. The van der Waals surface area contributed by atoms with E-state index < -0.39 is 6.43 Å². The van der Waals surface area contributed by atoms with Crippen LogP contribution in [0, 0.1) is 22.7 Å². The molecule has 4 saturated heterocycles. The molecule has 5 aromatic rings. The van der Waals surface area contributed by atoms with Gasteiger partial charge in [0.1, 0.15) is 6.07 Å². The van der Waals surface area contributed by atoms with Crippen LogP contribution in [0.1, 0.15) is 116 Å². The summed E-state index contributed by atoms with van der Waals surface area (Å²) in [7, 11) is 1.79. The third-order valence-corrected chi connectivity index (χ3v) is 17.5. The Kier molecular flexibility index (Phi) is 13.3. The summed E-state index contributed by atoms with van der Waals surface area (Å²) in [4.78, 5) is 40.1. The summed E-state index contributed by atoms with van der Waals surface area (Å²) in [5.74, 6) is 1.47. The molecule has 8 heterocycles. The molecule has 1 atom stereocenters. The normalized spacial score (nSPS) is 20.9. The molecule has 0 aliphatic carbocycles. The predicted octanol–water partition coefficient (Wildman–Crippen LogP) is 9.81. The standard InChI is InChI=1S/C56H66ClF2N11O2/c1-37-30-56(36-69(37)46-11-8-42(31-60)50(57)28-46)17-25-65(26-18-56)44-9-6-40(7-10-44)55(72)66-22-12-39(13-23-66)33-64-20-14-45(15-21-64)70-51-16-24-67(38(2)71)35-49(51)54(62-70)68-19-4-5-41-27-47(43-32-61-63(3)34-43)48(53(58)59)29-52(41)68/h6-11,27-29,32,34,37,39,45,53H,4-5,12-26,30,33,35-36H2,1-3H3. The van der Waals surface area contributed by atoms with E-state index in [1.165, 1.54) is 11.4 Å². The summed E-state index contributed by atoms with van der Waals surface area (Å²) in [6.07, 6.45) is 10.4.